The van der Waals surface area contributed by atoms with E-state index in [1.807, 2.05) is 54.6 Å². The fourth-order valence-electron chi connectivity index (χ4n) is 2.21. The van der Waals surface area contributed by atoms with E-state index in [0.29, 0.717) is 0 Å². The molecule has 0 N–H and O–H groups in total. The summed E-state index contributed by atoms with van der Waals surface area (Å²) < 4.78 is 12.5. The minimum atomic E-state index is -0.174. The van der Waals surface area contributed by atoms with E-state index in [1.165, 1.54) is 0 Å². The van der Waals surface area contributed by atoms with Crippen molar-refractivity contribution in [3.63, 3.8) is 0 Å². The summed E-state index contributed by atoms with van der Waals surface area (Å²) in [5.41, 5.74) is 1.96. The van der Waals surface area contributed by atoms with Crippen LogP contribution in [0.1, 0.15) is 17.4 Å². The van der Waals surface area contributed by atoms with Crippen LogP contribution in [0.25, 0.3) is 11.0 Å². The second kappa shape index (κ2) is 5.19. The molecule has 0 saturated carbocycles. The van der Waals surface area contributed by atoms with Gasteiger partial charge in [-0.15, -0.1) is 0 Å². The summed E-state index contributed by atoms with van der Waals surface area (Å²) in [6.07, 6.45) is -0.174. The number of hydrogen-bond acceptors (Lipinski definition) is 2. The van der Waals surface area contributed by atoms with Gasteiger partial charge in [-0.1, -0.05) is 46.3 Å². The van der Waals surface area contributed by atoms with Gasteiger partial charge in [-0.2, -0.15) is 0 Å². The Bertz CT molecular complexity index is 688. The van der Waals surface area contributed by atoms with E-state index in [9.17, 15) is 0 Å². The molecule has 0 bridgehead atoms. The third-order valence-electron chi connectivity index (χ3n) is 3.09. The van der Waals surface area contributed by atoms with Crippen molar-refractivity contribution in [3.8, 4) is 0 Å². The summed E-state index contributed by atoms with van der Waals surface area (Å²) in [7, 11) is 1.70. The molecule has 96 valence electrons. The molecule has 3 aromatic rings. The largest absolute Gasteiger partial charge is 0.458 e. The zero-order valence-electron chi connectivity index (χ0n) is 10.5. The molecule has 0 fully saturated rings. The van der Waals surface area contributed by atoms with E-state index in [1.54, 1.807) is 7.11 Å². The average molecular weight is 317 g/mol. The van der Waals surface area contributed by atoms with Gasteiger partial charge < -0.3 is 9.15 Å². The molecule has 0 aliphatic carbocycles. The molecular weight excluding hydrogens is 304 g/mol. The number of fused-ring (bicyclic) bond motifs is 1. The highest BCUT2D eigenvalue weighted by atomic mass is 79.9. The Kier molecular flexibility index (Phi) is 3.40. The summed E-state index contributed by atoms with van der Waals surface area (Å²) in [5.74, 6) is 0.821. The molecule has 2 nitrogen and oxygen atoms in total. The van der Waals surface area contributed by atoms with Gasteiger partial charge in [-0.05, 0) is 29.8 Å². The minimum Gasteiger partial charge on any atom is -0.458 e. The van der Waals surface area contributed by atoms with Crippen LogP contribution in [0.4, 0.5) is 0 Å². The highest BCUT2D eigenvalue weighted by Crippen LogP contribution is 2.31. The molecule has 1 heterocycles. The minimum absolute atomic E-state index is 0.174. The second-order valence-corrected chi connectivity index (χ2v) is 5.27. The first-order valence-electron chi connectivity index (χ1n) is 6.04. The predicted octanol–water partition coefficient (Wildman–Crippen LogP) is 4.93. The lowest BCUT2D eigenvalue weighted by Crippen LogP contribution is -2.01. The number of furan rings is 1. The third-order valence-corrected chi connectivity index (χ3v) is 3.59. The van der Waals surface area contributed by atoms with Crippen molar-refractivity contribution in [2.45, 2.75) is 6.10 Å². The molecule has 1 unspecified atom stereocenters. The van der Waals surface area contributed by atoms with Crippen molar-refractivity contribution in [1.29, 1.82) is 0 Å². The van der Waals surface area contributed by atoms with Crippen LogP contribution in [0.3, 0.4) is 0 Å². The van der Waals surface area contributed by atoms with Crippen molar-refractivity contribution in [1.82, 2.24) is 0 Å². The standard InChI is InChI=1S/C16H13BrO2/c1-18-16(11-5-3-2-4-6-11)15-10-12-9-13(17)7-8-14(12)19-15/h2-10,16H,1H3. The number of hydrogen-bond donors (Lipinski definition) is 0. The van der Waals surface area contributed by atoms with E-state index in [4.69, 9.17) is 9.15 Å². The van der Waals surface area contributed by atoms with Gasteiger partial charge in [-0.25, -0.2) is 0 Å². The summed E-state index contributed by atoms with van der Waals surface area (Å²) in [6, 6.07) is 18.1. The SMILES string of the molecule is COC(c1ccccc1)c1cc2cc(Br)ccc2o1. The first kappa shape index (κ1) is 12.5. The number of rotatable bonds is 3. The van der Waals surface area contributed by atoms with Crippen LogP contribution in [-0.2, 0) is 4.74 Å². The molecule has 0 amide bonds. The predicted molar refractivity (Wildman–Crippen MR) is 79.2 cm³/mol. The van der Waals surface area contributed by atoms with Gasteiger partial charge in [0.25, 0.3) is 0 Å². The van der Waals surface area contributed by atoms with Crippen LogP contribution < -0.4 is 0 Å². The van der Waals surface area contributed by atoms with Crippen LogP contribution in [0.15, 0.2) is 63.5 Å². The van der Waals surface area contributed by atoms with Crippen LogP contribution in [0.2, 0.25) is 0 Å². The van der Waals surface area contributed by atoms with E-state index < -0.39 is 0 Å². The lowest BCUT2D eigenvalue weighted by molar-refractivity contribution is 0.118. The molecule has 3 rings (SSSR count). The Balaban J connectivity index is 2.07. The van der Waals surface area contributed by atoms with Gasteiger partial charge in [0.1, 0.15) is 17.4 Å². The number of halogens is 1. The first-order chi connectivity index (χ1) is 9.28. The summed E-state index contributed by atoms with van der Waals surface area (Å²) in [6.45, 7) is 0. The van der Waals surface area contributed by atoms with Crippen LogP contribution >= 0.6 is 15.9 Å². The summed E-state index contributed by atoms with van der Waals surface area (Å²) in [4.78, 5) is 0. The van der Waals surface area contributed by atoms with Gasteiger partial charge in [0.15, 0.2) is 0 Å². The third kappa shape index (κ3) is 2.44. The fraction of sp³-hybridized carbons (Fsp3) is 0.125. The number of benzene rings is 2. The Morgan fingerprint density at radius 3 is 2.58 bits per heavy atom. The smallest absolute Gasteiger partial charge is 0.140 e. The monoisotopic (exact) mass is 316 g/mol. The average Bonchev–Trinajstić information content (AvgIpc) is 2.83. The topological polar surface area (TPSA) is 22.4 Å². The van der Waals surface area contributed by atoms with Gasteiger partial charge in [0, 0.05) is 17.0 Å². The quantitative estimate of drug-likeness (QED) is 0.683. The normalized spacial score (nSPS) is 12.7. The molecule has 0 aliphatic heterocycles. The van der Waals surface area contributed by atoms with E-state index in [-0.39, 0.29) is 6.10 Å². The first-order valence-corrected chi connectivity index (χ1v) is 6.84. The van der Waals surface area contributed by atoms with E-state index in [0.717, 1.165) is 26.8 Å². The molecule has 3 heteroatoms. The van der Waals surface area contributed by atoms with Crippen molar-refractivity contribution in [2.24, 2.45) is 0 Å². The molecule has 2 aromatic carbocycles. The van der Waals surface area contributed by atoms with Crippen LogP contribution in [0, 0.1) is 0 Å². The summed E-state index contributed by atoms with van der Waals surface area (Å²) >= 11 is 3.47. The maximum atomic E-state index is 5.88. The maximum absolute atomic E-state index is 5.88. The highest BCUT2D eigenvalue weighted by molar-refractivity contribution is 9.10. The van der Waals surface area contributed by atoms with Crippen molar-refractivity contribution >= 4 is 26.9 Å². The van der Waals surface area contributed by atoms with Crippen molar-refractivity contribution in [2.75, 3.05) is 7.11 Å². The highest BCUT2D eigenvalue weighted by Gasteiger charge is 2.17. The van der Waals surface area contributed by atoms with Gasteiger partial charge in [-0.3, -0.25) is 0 Å². The maximum Gasteiger partial charge on any atom is 0.140 e. The molecule has 0 aliphatic rings. The zero-order chi connectivity index (χ0) is 13.2. The molecule has 0 saturated heterocycles. The van der Waals surface area contributed by atoms with Crippen LogP contribution in [-0.4, -0.2) is 7.11 Å². The van der Waals surface area contributed by atoms with Crippen molar-refractivity contribution < 1.29 is 9.15 Å². The van der Waals surface area contributed by atoms with Gasteiger partial charge >= 0.3 is 0 Å². The van der Waals surface area contributed by atoms with E-state index in [2.05, 4.69) is 15.9 Å². The second-order valence-electron chi connectivity index (χ2n) is 4.36. The molecule has 1 aromatic heterocycles. The lowest BCUT2D eigenvalue weighted by Gasteiger charge is -2.12. The Morgan fingerprint density at radius 2 is 1.84 bits per heavy atom. The molecular formula is C16H13BrO2. The Morgan fingerprint density at radius 1 is 1.05 bits per heavy atom. The lowest BCUT2D eigenvalue weighted by atomic mass is 10.1. The van der Waals surface area contributed by atoms with Gasteiger partial charge in [0.05, 0.1) is 0 Å². The van der Waals surface area contributed by atoms with Crippen LogP contribution in [0.5, 0.6) is 0 Å². The molecule has 0 spiro atoms. The zero-order valence-corrected chi connectivity index (χ0v) is 12.1. The molecule has 0 radical (unpaired) electrons. The fourth-order valence-corrected chi connectivity index (χ4v) is 2.59. The molecule has 1 atom stereocenters. The number of methoxy groups -OCH3 is 1. The Hall–Kier alpha value is -1.58. The van der Waals surface area contributed by atoms with Gasteiger partial charge in [0.2, 0.25) is 0 Å². The van der Waals surface area contributed by atoms with Crippen molar-refractivity contribution in [3.05, 3.63) is 70.4 Å². The van der Waals surface area contributed by atoms with E-state index >= 15 is 0 Å². The Labute approximate surface area is 120 Å². The number of ether oxygens (including phenoxy) is 1. The molecule has 19 heavy (non-hydrogen) atoms. The summed E-state index contributed by atoms with van der Waals surface area (Å²) in [5, 5.41) is 1.07.